The minimum Gasteiger partial charge on any atom is -0.324 e. The molecule has 0 rings (SSSR count). The van der Waals surface area contributed by atoms with Gasteiger partial charge in [0.15, 0.2) is 0 Å². The van der Waals surface area contributed by atoms with Crippen molar-refractivity contribution in [2.75, 3.05) is 0 Å². The second-order valence-corrected chi connectivity index (χ2v) is 3.96. The van der Waals surface area contributed by atoms with E-state index in [0.29, 0.717) is 0 Å². The highest BCUT2D eigenvalue weighted by Gasteiger charge is 2.21. The lowest BCUT2D eigenvalue weighted by Gasteiger charge is -2.24. The fourth-order valence-electron chi connectivity index (χ4n) is 0.755. The van der Waals surface area contributed by atoms with Crippen LogP contribution in [0.2, 0.25) is 0 Å². The summed E-state index contributed by atoms with van der Waals surface area (Å²) in [6, 6.07) is 0. The molecule has 0 fully saturated rings. The van der Waals surface area contributed by atoms with Crippen LogP contribution in [0, 0.1) is 0 Å². The summed E-state index contributed by atoms with van der Waals surface area (Å²) < 4.78 is 0. The SMILES string of the molecule is CCCCC(Cl)C(C)(C)N. The van der Waals surface area contributed by atoms with Gasteiger partial charge in [-0.3, -0.25) is 0 Å². The van der Waals surface area contributed by atoms with Crippen LogP contribution >= 0.6 is 11.6 Å². The van der Waals surface area contributed by atoms with Crippen LogP contribution in [0.3, 0.4) is 0 Å². The van der Waals surface area contributed by atoms with Crippen LogP contribution in [0.4, 0.5) is 0 Å². The van der Waals surface area contributed by atoms with Crippen LogP contribution in [-0.2, 0) is 0 Å². The molecule has 0 heterocycles. The Morgan fingerprint density at radius 2 is 2.00 bits per heavy atom. The van der Waals surface area contributed by atoms with Gasteiger partial charge >= 0.3 is 0 Å². The highest BCUT2D eigenvalue weighted by Crippen LogP contribution is 2.18. The van der Waals surface area contributed by atoms with Crippen molar-refractivity contribution in [3.63, 3.8) is 0 Å². The van der Waals surface area contributed by atoms with Gasteiger partial charge in [-0.2, -0.15) is 0 Å². The summed E-state index contributed by atoms with van der Waals surface area (Å²) in [4.78, 5) is 0. The summed E-state index contributed by atoms with van der Waals surface area (Å²) in [5.41, 5.74) is 5.56. The average Bonchev–Trinajstić information content (AvgIpc) is 1.80. The lowest BCUT2D eigenvalue weighted by atomic mass is 9.98. The molecular weight excluding hydrogens is 146 g/mol. The fourth-order valence-corrected chi connectivity index (χ4v) is 0.910. The maximum Gasteiger partial charge on any atom is 0.0510 e. The summed E-state index contributed by atoms with van der Waals surface area (Å²) in [6.45, 7) is 6.10. The molecule has 1 unspecified atom stereocenters. The number of hydrogen-bond donors (Lipinski definition) is 1. The molecule has 10 heavy (non-hydrogen) atoms. The second-order valence-electron chi connectivity index (χ2n) is 3.43. The normalized spacial score (nSPS) is 15.3. The van der Waals surface area contributed by atoms with Crippen molar-refractivity contribution in [2.45, 2.75) is 50.9 Å². The van der Waals surface area contributed by atoms with Crippen LogP contribution in [0.5, 0.6) is 0 Å². The lowest BCUT2D eigenvalue weighted by Crippen LogP contribution is -2.41. The molecule has 0 aliphatic carbocycles. The molecule has 0 aliphatic rings. The molecule has 0 aliphatic heterocycles. The summed E-state index contributed by atoms with van der Waals surface area (Å²) in [5.74, 6) is 0. The van der Waals surface area contributed by atoms with Gasteiger partial charge in [0.2, 0.25) is 0 Å². The van der Waals surface area contributed by atoms with Crippen molar-refractivity contribution in [2.24, 2.45) is 5.73 Å². The average molecular weight is 164 g/mol. The first-order valence-electron chi connectivity index (χ1n) is 3.91. The zero-order valence-electron chi connectivity index (χ0n) is 7.15. The molecule has 0 saturated heterocycles. The van der Waals surface area contributed by atoms with Crippen molar-refractivity contribution < 1.29 is 0 Å². The Kier molecular flexibility index (Phi) is 4.30. The Balaban J connectivity index is 3.52. The molecule has 0 saturated carbocycles. The van der Waals surface area contributed by atoms with Crippen molar-refractivity contribution in [1.29, 1.82) is 0 Å². The Bertz CT molecular complexity index is 85.7. The summed E-state index contributed by atoms with van der Waals surface area (Å²) in [5, 5.41) is 0.118. The van der Waals surface area contributed by atoms with Crippen LogP contribution < -0.4 is 5.73 Å². The first-order valence-corrected chi connectivity index (χ1v) is 4.35. The number of rotatable bonds is 4. The third-order valence-corrected chi connectivity index (χ3v) is 2.40. The first kappa shape index (κ1) is 10.2. The van der Waals surface area contributed by atoms with Crippen molar-refractivity contribution in [3.05, 3.63) is 0 Å². The van der Waals surface area contributed by atoms with E-state index in [1.54, 1.807) is 0 Å². The summed E-state index contributed by atoms with van der Waals surface area (Å²) >= 11 is 6.01. The van der Waals surface area contributed by atoms with E-state index in [1.165, 1.54) is 12.8 Å². The van der Waals surface area contributed by atoms with Crippen LogP contribution in [0.25, 0.3) is 0 Å². The number of hydrogen-bond acceptors (Lipinski definition) is 1. The van der Waals surface area contributed by atoms with E-state index in [2.05, 4.69) is 6.92 Å². The van der Waals surface area contributed by atoms with Gasteiger partial charge in [0, 0.05) is 5.54 Å². The monoisotopic (exact) mass is 163 g/mol. The van der Waals surface area contributed by atoms with E-state index in [9.17, 15) is 0 Å². The van der Waals surface area contributed by atoms with Crippen molar-refractivity contribution in [3.8, 4) is 0 Å². The number of alkyl halides is 1. The standard InChI is InChI=1S/C8H18ClN/c1-4-5-6-7(9)8(2,3)10/h7H,4-6,10H2,1-3H3. The molecule has 2 heteroatoms. The Hall–Kier alpha value is 0.250. The quantitative estimate of drug-likeness (QED) is 0.634. The van der Waals surface area contributed by atoms with E-state index >= 15 is 0 Å². The molecular formula is C8H18ClN. The molecule has 0 bridgehead atoms. The highest BCUT2D eigenvalue weighted by molar-refractivity contribution is 6.21. The number of nitrogens with two attached hydrogens (primary N) is 1. The minimum atomic E-state index is -0.225. The zero-order chi connectivity index (χ0) is 8.20. The largest absolute Gasteiger partial charge is 0.324 e. The van der Waals surface area contributed by atoms with Gasteiger partial charge in [0.1, 0.15) is 0 Å². The third kappa shape index (κ3) is 4.13. The summed E-state index contributed by atoms with van der Waals surface area (Å²) in [7, 11) is 0. The van der Waals surface area contributed by atoms with Gasteiger partial charge in [-0.15, -0.1) is 11.6 Å². The van der Waals surface area contributed by atoms with E-state index in [-0.39, 0.29) is 10.9 Å². The lowest BCUT2D eigenvalue weighted by molar-refractivity contribution is 0.457. The van der Waals surface area contributed by atoms with E-state index < -0.39 is 0 Å². The molecule has 0 radical (unpaired) electrons. The topological polar surface area (TPSA) is 26.0 Å². The maximum absolute atomic E-state index is 6.01. The molecule has 0 aromatic carbocycles. The van der Waals surface area contributed by atoms with E-state index in [1.807, 2.05) is 13.8 Å². The van der Waals surface area contributed by atoms with E-state index in [0.717, 1.165) is 6.42 Å². The Morgan fingerprint density at radius 3 is 2.30 bits per heavy atom. The van der Waals surface area contributed by atoms with Gasteiger partial charge in [-0.05, 0) is 20.3 Å². The molecule has 1 nitrogen and oxygen atoms in total. The Morgan fingerprint density at radius 1 is 1.50 bits per heavy atom. The van der Waals surface area contributed by atoms with Gasteiger partial charge in [0.25, 0.3) is 0 Å². The molecule has 0 aromatic rings. The highest BCUT2D eigenvalue weighted by atomic mass is 35.5. The second kappa shape index (κ2) is 4.20. The van der Waals surface area contributed by atoms with Crippen molar-refractivity contribution in [1.82, 2.24) is 0 Å². The molecule has 0 spiro atoms. The zero-order valence-corrected chi connectivity index (χ0v) is 7.91. The molecule has 0 amide bonds. The summed E-state index contributed by atoms with van der Waals surface area (Å²) in [6.07, 6.45) is 3.40. The van der Waals surface area contributed by atoms with Gasteiger partial charge < -0.3 is 5.73 Å². The smallest absolute Gasteiger partial charge is 0.0510 e. The van der Waals surface area contributed by atoms with E-state index in [4.69, 9.17) is 17.3 Å². The van der Waals surface area contributed by atoms with Crippen LogP contribution in [0.15, 0.2) is 0 Å². The minimum absolute atomic E-state index is 0.118. The molecule has 0 aromatic heterocycles. The predicted octanol–water partition coefficient (Wildman–Crippen LogP) is 2.52. The maximum atomic E-state index is 6.01. The van der Waals surface area contributed by atoms with Crippen LogP contribution in [-0.4, -0.2) is 10.9 Å². The first-order chi connectivity index (χ1) is 4.48. The molecule has 62 valence electrons. The van der Waals surface area contributed by atoms with Gasteiger partial charge in [-0.25, -0.2) is 0 Å². The fraction of sp³-hybridized carbons (Fsp3) is 1.00. The van der Waals surface area contributed by atoms with Crippen molar-refractivity contribution >= 4 is 11.6 Å². The number of unbranched alkanes of at least 4 members (excludes halogenated alkanes) is 1. The Labute approximate surface area is 68.9 Å². The molecule has 2 N–H and O–H groups in total. The third-order valence-electron chi connectivity index (χ3n) is 1.62. The van der Waals surface area contributed by atoms with Crippen LogP contribution in [0.1, 0.15) is 40.0 Å². The molecule has 1 atom stereocenters. The number of halogens is 1. The predicted molar refractivity (Wildman–Crippen MR) is 47.4 cm³/mol. The van der Waals surface area contributed by atoms with Gasteiger partial charge in [-0.1, -0.05) is 19.8 Å². The van der Waals surface area contributed by atoms with Gasteiger partial charge in [0.05, 0.1) is 5.38 Å².